The number of imidazole rings is 4. The topological polar surface area (TPSA) is 337 Å². The Balaban J connectivity index is 0.000000101. The molecule has 123 heavy (non-hydrogen) atoms. The van der Waals surface area contributed by atoms with Crippen molar-refractivity contribution in [2.45, 2.75) is 108 Å². The molecular formula is C98H84N24O. The minimum absolute atomic E-state index is 0.434. The molecular weight excluding hydrogens is 1530 g/mol. The fourth-order valence-corrected chi connectivity index (χ4v) is 17.1. The molecule has 24 rings (SSSR count). The van der Waals surface area contributed by atoms with Crippen LogP contribution in [-0.2, 0) is 0 Å². The number of nitrogens with two attached hydrogens (primary N) is 4. The Morgan fingerprint density at radius 3 is 1.22 bits per heavy atom. The third-order valence-corrected chi connectivity index (χ3v) is 24.5. The number of ether oxygens (including phenoxy) is 1. The first-order valence-corrected chi connectivity index (χ1v) is 41.9. The molecule has 0 unspecified atom stereocenters. The number of methoxy groups -OCH3 is 1. The Bertz CT molecular complexity index is 7210. The minimum Gasteiger partial charge on any atom is -0.480 e. The molecule has 8 N–H and O–H groups in total. The van der Waals surface area contributed by atoms with Gasteiger partial charge < -0.3 is 27.7 Å². The number of hydrogen-bond donors (Lipinski definition) is 4. The molecule has 4 aliphatic carbocycles. The number of hydrogen-bond acceptors (Lipinski definition) is 21. The predicted molar refractivity (Wildman–Crippen MR) is 483 cm³/mol. The van der Waals surface area contributed by atoms with Crippen molar-refractivity contribution in [3.05, 3.63) is 285 Å². The van der Waals surface area contributed by atoms with Crippen LogP contribution in [0.3, 0.4) is 0 Å². The van der Waals surface area contributed by atoms with Gasteiger partial charge >= 0.3 is 0 Å². The summed E-state index contributed by atoms with van der Waals surface area (Å²) in [6, 6.07) is 69.1. The lowest BCUT2D eigenvalue weighted by atomic mass is 9.85. The number of fused-ring (bicyclic) bond motifs is 8. The van der Waals surface area contributed by atoms with E-state index in [1.807, 2.05) is 182 Å². The molecule has 25 nitrogen and oxygen atoms in total. The lowest BCUT2D eigenvalue weighted by Crippen LogP contribution is -2.14. The van der Waals surface area contributed by atoms with Crippen molar-refractivity contribution in [2.24, 2.45) is 0 Å². The van der Waals surface area contributed by atoms with Gasteiger partial charge in [-0.3, -0.25) is 18.2 Å². The SMILES string of the molecule is COc1nc(-c2ccccc2)nc2cc(-c3nc(C4CCC4)n4ccnc(N)c34)ccc12.Cc1nc(-c2ccccc2)nc2cc(-c3nc(C4CCC4)n4ccnc(N)c34)ccc12.Nc1nccn2c(C3CCC3)nc(-c3ccc4ncc(-c5ccccc5)nc4c3)c12.Nc1ncnn2c(C3CCC3)nc(-c3ccc4ccc(-c5ccccc5)nc4c3)c12. The fourth-order valence-electron chi connectivity index (χ4n) is 17.1. The van der Waals surface area contributed by atoms with E-state index in [0.29, 0.717) is 58.6 Å². The summed E-state index contributed by atoms with van der Waals surface area (Å²) in [7, 11) is 1.63. The van der Waals surface area contributed by atoms with Crippen LogP contribution in [0.5, 0.6) is 5.88 Å². The van der Waals surface area contributed by atoms with Crippen LogP contribution >= 0.6 is 0 Å². The molecule has 0 atom stereocenters. The molecule has 602 valence electrons. The molecule has 0 amide bonds. The van der Waals surface area contributed by atoms with Gasteiger partial charge in [0.1, 0.15) is 91.9 Å². The summed E-state index contributed by atoms with van der Waals surface area (Å²) in [5, 5.41) is 7.43. The Hall–Kier alpha value is -15.4. The molecule has 0 bridgehead atoms. The van der Waals surface area contributed by atoms with Gasteiger partial charge in [-0.05, 0) is 101 Å². The summed E-state index contributed by atoms with van der Waals surface area (Å²) >= 11 is 0. The van der Waals surface area contributed by atoms with E-state index in [0.717, 1.165) is 205 Å². The first kappa shape index (κ1) is 75.1. The standard InChI is InChI=1S/C25H22N6O.C25H22N6.2C24H20N6/c1-32-25-18-11-10-17(14-19(18)28-23(30-25)15-6-3-2-4-7-15)20-21-22(26)27-12-13-31(21)24(29-20)16-8-5-9-16;1-15-19-11-10-18(14-20(19)29-24(28-15)16-6-3-2-4-7-16)21-22-23(26)27-12-13-31(22)25(30-21)17-8-5-9-17;25-23-22-21(29-24(17-7-4-8-17)30(22)27-14-26-23)18-10-9-16-11-12-19(28-20(16)13-18)15-5-2-1-3-6-15;25-23-22-21(29-24(16-7-4-8-16)30(22)12-11-26-23)17-9-10-18-19(13-17)28-20(14-27-18)15-5-2-1-3-6-15/h2-4,6-7,10-14,16H,5,8-9H2,1H3,(H2,26,27);2-4,6-7,10-14,17H,5,8-9H2,1H3,(H2,26,27);1-3,5-6,9-14,17H,4,7-8H2,(H2,25,26,27);1-3,5-6,9-14,16H,4,7-8H2,(H2,25,26). The second-order valence-electron chi connectivity index (χ2n) is 32.0. The molecule has 0 spiro atoms. The zero-order chi connectivity index (χ0) is 82.8. The van der Waals surface area contributed by atoms with Crippen LogP contribution < -0.4 is 27.7 Å². The second kappa shape index (κ2) is 31.7. The minimum atomic E-state index is 0.434. The van der Waals surface area contributed by atoms with E-state index >= 15 is 0 Å². The molecule has 4 saturated carbocycles. The largest absolute Gasteiger partial charge is 0.480 e. The second-order valence-corrected chi connectivity index (χ2v) is 32.0. The summed E-state index contributed by atoms with van der Waals surface area (Å²) in [5.41, 5.74) is 46.9. The van der Waals surface area contributed by atoms with Crippen molar-refractivity contribution in [1.29, 1.82) is 0 Å². The van der Waals surface area contributed by atoms with Crippen LogP contribution in [0.25, 0.3) is 156 Å². The molecule has 8 aromatic carbocycles. The van der Waals surface area contributed by atoms with E-state index < -0.39 is 0 Å². The molecule has 0 saturated heterocycles. The molecule has 4 aliphatic rings. The van der Waals surface area contributed by atoms with Gasteiger partial charge in [0.25, 0.3) is 0 Å². The van der Waals surface area contributed by atoms with Crippen molar-refractivity contribution >= 4 is 89.1 Å². The number of pyridine rings is 1. The van der Waals surface area contributed by atoms with Crippen molar-refractivity contribution < 1.29 is 4.74 Å². The number of nitrogen functional groups attached to an aromatic ring is 4. The van der Waals surface area contributed by atoms with Gasteiger partial charge in [-0.1, -0.05) is 189 Å². The zero-order valence-corrected chi connectivity index (χ0v) is 67.7. The van der Waals surface area contributed by atoms with Gasteiger partial charge in [-0.2, -0.15) is 10.1 Å². The predicted octanol–water partition coefficient (Wildman–Crippen LogP) is 19.7. The van der Waals surface area contributed by atoms with Gasteiger partial charge in [0.2, 0.25) is 5.88 Å². The molecule has 12 heterocycles. The van der Waals surface area contributed by atoms with Crippen molar-refractivity contribution in [2.75, 3.05) is 30.0 Å². The third kappa shape index (κ3) is 14.0. The Labute approximate surface area is 706 Å². The van der Waals surface area contributed by atoms with Crippen LogP contribution in [0.1, 0.15) is 130 Å². The number of anilines is 4. The molecule has 20 aromatic rings. The number of nitrogens with zero attached hydrogens (tertiary/aromatic N) is 20. The number of benzene rings is 8. The highest BCUT2D eigenvalue weighted by molar-refractivity contribution is 5.96. The zero-order valence-electron chi connectivity index (χ0n) is 67.7. The molecule has 4 fully saturated rings. The van der Waals surface area contributed by atoms with E-state index in [-0.39, 0.29) is 0 Å². The molecule has 25 heteroatoms. The van der Waals surface area contributed by atoms with Gasteiger partial charge in [0, 0.05) is 122 Å². The van der Waals surface area contributed by atoms with E-state index in [9.17, 15) is 0 Å². The summed E-state index contributed by atoms with van der Waals surface area (Å²) in [4.78, 5) is 70.7. The third-order valence-electron chi connectivity index (χ3n) is 24.5. The average Bonchev–Trinajstić information content (AvgIpc) is 1.61. The van der Waals surface area contributed by atoms with Gasteiger partial charge in [-0.15, -0.1) is 0 Å². The lowest BCUT2D eigenvalue weighted by Gasteiger charge is -2.23. The molecule has 0 aliphatic heterocycles. The first-order chi connectivity index (χ1) is 60.5. The van der Waals surface area contributed by atoms with Crippen LogP contribution in [-0.4, -0.2) is 105 Å². The molecule has 12 aromatic heterocycles. The van der Waals surface area contributed by atoms with E-state index in [1.165, 1.54) is 57.7 Å². The summed E-state index contributed by atoms with van der Waals surface area (Å²) in [6.07, 6.45) is 28.7. The highest BCUT2D eigenvalue weighted by atomic mass is 16.5. The number of aromatic nitrogens is 20. The van der Waals surface area contributed by atoms with E-state index in [1.54, 1.807) is 25.7 Å². The summed E-state index contributed by atoms with van der Waals surface area (Å²) in [5.74, 6) is 9.87. The van der Waals surface area contributed by atoms with E-state index in [2.05, 4.69) is 109 Å². The maximum absolute atomic E-state index is 6.31. The van der Waals surface area contributed by atoms with Gasteiger partial charge in [0.05, 0.1) is 57.7 Å². The number of rotatable bonds is 13. The van der Waals surface area contributed by atoms with Crippen molar-refractivity contribution in [3.8, 4) is 96.2 Å². The van der Waals surface area contributed by atoms with Gasteiger partial charge in [0.15, 0.2) is 17.5 Å². The van der Waals surface area contributed by atoms with Crippen LogP contribution in [0.15, 0.2) is 256 Å². The highest BCUT2D eigenvalue weighted by Crippen LogP contribution is 2.45. The fraction of sp³-hybridized carbons (Fsp3) is 0.184. The normalized spacial score (nSPS) is 14.2. The van der Waals surface area contributed by atoms with Crippen LogP contribution in [0.2, 0.25) is 0 Å². The van der Waals surface area contributed by atoms with Crippen molar-refractivity contribution in [1.82, 2.24) is 97.6 Å². The summed E-state index contributed by atoms with van der Waals surface area (Å²) in [6.45, 7) is 2.03. The maximum atomic E-state index is 6.31. The van der Waals surface area contributed by atoms with Crippen LogP contribution in [0.4, 0.5) is 23.3 Å². The van der Waals surface area contributed by atoms with Crippen molar-refractivity contribution in [3.63, 3.8) is 0 Å². The maximum Gasteiger partial charge on any atom is 0.224 e. The Morgan fingerprint density at radius 1 is 0.325 bits per heavy atom. The van der Waals surface area contributed by atoms with Gasteiger partial charge in [-0.25, -0.2) is 69.3 Å². The van der Waals surface area contributed by atoms with E-state index in [4.69, 9.17) is 72.5 Å². The molecule has 0 radical (unpaired) electrons. The Kier molecular flexibility index (Phi) is 19.4. The first-order valence-electron chi connectivity index (χ1n) is 41.9. The smallest absolute Gasteiger partial charge is 0.224 e. The average molecular weight is 1610 g/mol. The Morgan fingerprint density at radius 2 is 0.724 bits per heavy atom. The number of aryl methyl sites for hydroxylation is 1. The lowest BCUT2D eigenvalue weighted by molar-refractivity contribution is 0.396. The quantitative estimate of drug-likeness (QED) is 0.0833. The summed E-state index contributed by atoms with van der Waals surface area (Å²) < 4.78 is 13.8. The van der Waals surface area contributed by atoms with Crippen LogP contribution in [0, 0.1) is 6.92 Å². The monoisotopic (exact) mass is 1610 g/mol. The highest BCUT2D eigenvalue weighted by Gasteiger charge is 2.32.